The maximum absolute atomic E-state index is 13.2. The van der Waals surface area contributed by atoms with E-state index in [1.54, 1.807) is 17.9 Å². The van der Waals surface area contributed by atoms with E-state index < -0.39 is 0 Å². The molecule has 3 nitrogen and oxygen atoms in total. The number of rotatable bonds is 2. The topological polar surface area (TPSA) is 46.3 Å². The Bertz CT molecular complexity index is 413. The molecular weight excluding hydrogens is 219 g/mol. The molecule has 0 bridgehead atoms. The summed E-state index contributed by atoms with van der Waals surface area (Å²) in [6.07, 6.45) is 0.941. The van der Waals surface area contributed by atoms with Crippen molar-refractivity contribution in [1.29, 1.82) is 0 Å². The monoisotopic (exact) mass is 236 g/mol. The Morgan fingerprint density at radius 3 is 2.88 bits per heavy atom. The summed E-state index contributed by atoms with van der Waals surface area (Å²) in [5, 5.41) is 0. The van der Waals surface area contributed by atoms with Crippen LogP contribution in [0.15, 0.2) is 18.2 Å². The van der Waals surface area contributed by atoms with Gasteiger partial charge in [0.25, 0.3) is 5.91 Å². The first-order valence-corrected chi connectivity index (χ1v) is 5.86. The van der Waals surface area contributed by atoms with E-state index in [9.17, 15) is 9.18 Å². The molecule has 1 amide bonds. The highest BCUT2D eigenvalue weighted by molar-refractivity contribution is 5.94. The largest absolute Gasteiger partial charge is 0.338 e. The molecule has 1 heterocycles. The zero-order valence-electron chi connectivity index (χ0n) is 9.95. The average Bonchev–Trinajstić information content (AvgIpc) is 2.75. The van der Waals surface area contributed by atoms with Gasteiger partial charge in [-0.15, -0.1) is 0 Å². The van der Waals surface area contributed by atoms with Crippen LogP contribution in [-0.2, 0) is 0 Å². The van der Waals surface area contributed by atoms with Crippen LogP contribution in [0.5, 0.6) is 0 Å². The summed E-state index contributed by atoms with van der Waals surface area (Å²) in [7, 11) is 0. The highest BCUT2D eigenvalue weighted by atomic mass is 19.1. The summed E-state index contributed by atoms with van der Waals surface area (Å²) >= 11 is 0. The van der Waals surface area contributed by atoms with Gasteiger partial charge in [-0.05, 0) is 49.6 Å². The van der Waals surface area contributed by atoms with Crippen molar-refractivity contribution in [3.8, 4) is 0 Å². The first kappa shape index (κ1) is 12.0. The van der Waals surface area contributed by atoms with Crippen molar-refractivity contribution < 1.29 is 9.18 Å². The first-order chi connectivity index (χ1) is 8.10. The summed E-state index contributed by atoms with van der Waals surface area (Å²) in [5.74, 6) is -0.0694. The summed E-state index contributed by atoms with van der Waals surface area (Å²) in [4.78, 5) is 13.9. The molecule has 1 unspecified atom stereocenters. The number of hydrogen-bond acceptors (Lipinski definition) is 2. The third-order valence-corrected chi connectivity index (χ3v) is 3.20. The normalized spacial score (nSPS) is 19.7. The van der Waals surface area contributed by atoms with Gasteiger partial charge in [0.15, 0.2) is 0 Å². The smallest absolute Gasteiger partial charge is 0.253 e. The van der Waals surface area contributed by atoms with Gasteiger partial charge in [0, 0.05) is 18.7 Å². The van der Waals surface area contributed by atoms with E-state index in [1.807, 2.05) is 0 Å². The first-order valence-electron chi connectivity index (χ1n) is 5.86. The molecular formula is C13H17FN2O. The van der Waals surface area contributed by atoms with Crippen LogP contribution >= 0.6 is 0 Å². The van der Waals surface area contributed by atoms with E-state index in [2.05, 4.69) is 0 Å². The zero-order valence-corrected chi connectivity index (χ0v) is 9.95. The predicted molar refractivity (Wildman–Crippen MR) is 64.2 cm³/mol. The number of benzene rings is 1. The van der Waals surface area contributed by atoms with Crippen LogP contribution in [0.25, 0.3) is 0 Å². The van der Waals surface area contributed by atoms with Crippen molar-refractivity contribution in [2.24, 2.45) is 11.7 Å². The Morgan fingerprint density at radius 2 is 2.29 bits per heavy atom. The zero-order chi connectivity index (χ0) is 12.4. The van der Waals surface area contributed by atoms with Gasteiger partial charge in [0.05, 0.1) is 0 Å². The second-order valence-corrected chi connectivity index (χ2v) is 4.66. The SMILES string of the molecule is Cc1cc(F)cc(C(=O)N2CCC(CN)C2)c1. The minimum atomic E-state index is -0.358. The summed E-state index contributed by atoms with van der Waals surface area (Å²) in [6, 6.07) is 4.44. The maximum atomic E-state index is 13.2. The Balaban J connectivity index is 2.14. The Kier molecular flexibility index (Phi) is 3.43. The molecule has 0 aromatic heterocycles. The minimum Gasteiger partial charge on any atom is -0.338 e. The van der Waals surface area contributed by atoms with Crippen LogP contribution < -0.4 is 5.73 Å². The number of hydrogen-bond donors (Lipinski definition) is 1. The third-order valence-electron chi connectivity index (χ3n) is 3.20. The molecule has 1 fully saturated rings. The molecule has 1 saturated heterocycles. The summed E-state index contributed by atoms with van der Waals surface area (Å²) in [6.45, 7) is 3.79. The number of carbonyl (C=O) groups is 1. The molecule has 0 spiro atoms. The van der Waals surface area contributed by atoms with Crippen LogP contribution in [0.1, 0.15) is 22.3 Å². The lowest BCUT2D eigenvalue weighted by Gasteiger charge is -2.16. The molecule has 4 heteroatoms. The van der Waals surface area contributed by atoms with Crippen LogP contribution in [0, 0.1) is 18.7 Å². The van der Waals surface area contributed by atoms with Gasteiger partial charge in [-0.2, -0.15) is 0 Å². The van der Waals surface area contributed by atoms with E-state index in [-0.39, 0.29) is 11.7 Å². The van der Waals surface area contributed by atoms with Gasteiger partial charge in [0.1, 0.15) is 5.82 Å². The molecule has 1 aromatic carbocycles. The summed E-state index contributed by atoms with van der Waals surface area (Å²) in [5.41, 5.74) is 6.78. The fraction of sp³-hybridized carbons (Fsp3) is 0.462. The van der Waals surface area contributed by atoms with E-state index in [0.717, 1.165) is 18.5 Å². The number of nitrogens with zero attached hydrogens (tertiary/aromatic N) is 1. The highest BCUT2D eigenvalue weighted by Crippen LogP contribution is 2.18. The fourth-order valence-corrected chi connectivity index (χ4v) is 2.25. The van der Waals surface area contributed by atoms with Gasteiger partial charge in [-0.1, -0.05) is 0 Å². The third kappa shape index (κ3) is 2.64. The molecule has 0 saturated carbocycles. The molecule has 1 aromatic rings. The fourth-order valence-electron chi connectivity index (χ4n) is 2.25. The lowest BCUT2D eigenvalue weighted by molar-refractivity contribution is 0.0787. The number of likely N-dealkylation sites (tertiary alicyclic amines) is 1. The van der Waals surface area contributed by atoms with E-state index in [1.165, 1.54) is 12.1 Å². The lowest BCUT2D eigenvalue weighted by Crippen LogP contribution is -2.30. The van der Waals surface area contributed by atoms with Gasteiger partial charge in [0.2, 0.25) is 0 Å². The molecule has 1 atom stereocenters. The van der Waals surface area contributed by atoms with Crippen molar-refractivity contribution in [2.75, 3.05) is 19.6 Å². The number of carbonyl (C=O) groups excluding carboxylic acids is 1. The Hall–Kier alpha value is -1.42. The maximum Gasteiger partial charge on any atom is 0.253 e. The van der Waals surface area contributed by atoms with Gasteiger partial charge in [-0.3, -0.25) is 4.79 Å². The van der Waals surface area contributed by atoms with Crippen molar-refractivity contribution in [3.63, 3.8) is 0 Å². The van der Waals surface area contributed by atoms with Crippen LogP contribution in [0.3, 0.4) is 0 Å². The molecule has 0 radical (unpaired) electrons. The molecule has 2 rings (SSSR count). The summed E-state index contributed by atoms with van der Waals surface area (Å²) < 4.78 is 13.2. The molecule has 2 N–H and O–H groups in total. The van der Waals surface area contributed by atoms with E-state index in [0.29, 0.717) is 24.6 Å². The average molecular weight is 236 g/mol. The number of aryl methyl sites for hydroxylation is 1. The number of amides is 1. The van der Waals surface area contributed by atoms with E-state index in [4.69, 9.17) is 5.73 Å². The molecule has 92 valence electrons. The Labute approximate surface area is 100 Å². The number of nitrogens with two attached hydrogens (primary N) is 1. The molecule has 1 aliphatic rings. The Morgan fingerprint density at radius 1 is 1.53 bits per heavy atom. The predicted octanol–water partition coefficient (Wildman–Crippen LogP) is 1.55. The highest BCUT2D eigenvalue weighted by Gasteiger charge is 2.26. The van der Waals surface area contributed by atoms with E-state index >= 15 is 0 Å². The van der Waals surface area contributed by atoms with Crippen molar-refractivity contribution in [3.05, 3.63) is 35.1 Å². The van der Waals surface area contributed by atoms with Gasteiger partial charge < -0.3 is 10.6 Å². The molecule has 0 aliphatic carbocycles. The van der Waals surface area contributed by atoms with Gasteiger partial charge in [-0.25, -0.2) is 4.39 Å². The minimum absolute atomic E-state index is 0.0939. The second kappa shape index (κ2) is 4.84. The molecule has 1 aliphatic heterocycles. The van der Waals surface area contributed by atoms with Crippen molar-refractivity contribution >= 4 is 5.91 Å². The standard InChI is InChI=1S/C13H17FN2O/c1-9-4-11(6-12(14)5-9)13(17)16-3-2-10(7-15)8-16/h4-6,10H,2-3,7-8,15H2,1H3. The molecule has 17 heavy (non-hydrogen) atoms. The van der Waals surface area contributed by atoms with Gasteiger partial charge >= 0.3 is 0 Å². The van der Waals surface area contributed by atoms with Crippen LogP contribution in [0.2, 0.25) is 0 Å². The number of halogens is 1. The van der Waals surface area contributed by atoms with Crippen LogP contribution in [0.4, 0.5) is 4.39 Å². The second-order valence-electron chi connectivity index (χ2n) is 4.66. The van der Waals surface area contributed by atoms with Crippen molar-refractivity contribution in [2.45, 2.75) is 13.3 Å². The lowest BCUT2D eigenvalue weighted by atomic mass is 10.1. The quantitative estimate of drug-likeness (QED) is 0.847. The van der Waals surface area contributed by atoms with Crippen LogP contribution in [-0.4, -0.2) is 30.4 Å². The van der Waals surface area contributed by atoms with Crippen molar-refractivity contribution in [1.82, 2.24) is 4.90 Å².